The van der Waals surface area contributed by atoms with Gasteiger partial charge in [-0.1, -0.05) is 13.8 Å². The SMILES string of the molecule is CC(C)CC(C)N(C)CCC(C)(N)C(=O)O. The van der Waals surface area contributed by atoms with Crippen LogP contribution in [0.4, 0.5) is 0 Å². The summed E-state index contributed by atoms with van der Waals surface area (Å²) in [5, 5.41) is 8.89. The summed E-state index contributed by atoms with van der Waals surface area (Å²) < 4.78 is 0. The first kappa shape index (κ1) is 15.4. The Labute approximate surface area is 98.8 Å². The van der Waals surface area contributed by atoms with E-state index in [0.29, 0.717) is 24.9 Å². The summed E-state index contributed by atoms with van der Waals surface area (Å²) in [6.45, 7) is 8.82. The van der Waals surface area contributed by atoms with Crippen molar-refractivity contribution in [3.05, 3.63) is 0 Å². The molecule has 4 heteroatoms. The highest BCUT2D eigenvalue weighted by Gasteiger charge is 2.28. The highest BCUT2D eigenvalue weighted by Crippen LogP contribution is 2.12. The average Bonchev–Trinajstić information content (AvgIpc) is 2.12. The fraction of sp³-hybridized carbons (Fsp3) is 0.917. The molecule has 0 saturated carbocycles. The zero-order valence-corrected chi connectivity index (χ0v) is 11.2. The number of hydrogen-bond donors (Lipinski definition) is 2. The van der Waals surface area contributed by atoms with Crippen LogP contribution in [0, 0.1) is 5.92 Å². The number of nitrogens with two attached hydrogens (primary N) is 1. The molecule has 0 aromatic rings. The zero-order chi connectivity index (χ0) is 12.9. The average molecular weight is 230 g/mol. The molecular weight excluding hydrogens is 204 g/mol. The van der Waals surface area contributed by atoms with Crippen molar-refractivity contribution in [1.29, 1.82) is 0 Å². The summed E-state index contributed by atoms with van der Waals surface area (Å²) in [6, 6.07) is 0.463. The topological polar surface area (TPSA) is 66.6 Å². The zero-order valence-electron chi connectivity index (χ0n) is 11.2. The smallest absolute Gasteiger partial charge is 0.323 e. The molecule has 3 N–H and O–H groups in total. The largest absolute Gasteiger partial charge is 0.480 e. The van der Waals surface area contributed by atoms with E-state index in [4.69, 9.17) is 10.8 Å². The number of carboxylic acids is 1. The molecule has 0 aromatic heterocycles. The molecule has 2 atom stereocenters. The molecule has 0 bridgehead atoms. The van der Waals surface area contributed by atoms with Crippen molar-refractivity contribution < 1.29 is 9.90 Å². The summed E-state index contributed by atoms with van der Waals surface area (Å²) in [6.07, 6.45) is 1.59. The molecule has 0 aliphatic carbocycles. The quantitative estimate of drug-likeness (QED) is 0.696. The molecule has 2 unspecified atom stereocenters. The first-order valence-electron chi connectivity index (χ1n) is 5.89. The van der Waals surface area contributed by atoms with Crippen molar-refractivity contribution in [2.24, 2.45) is 11.7 Å². The van der Waals surface area contributed by atoms with Crippen LogP contribution in [-0.2, 0) is 4.79 Å². The molecule has 0 heterocycles. The molecule has 0 aromatic carbocycles. The number of nitrogens with zero attached hydrogens (tertiary/aromatic N) is 1. The number of hydrogen-bond acceptors (Lipinski definition) is 3. The van der Waals surface area contributed by atoms with Gasteiger partial charge in [-0.15, -0.1) is 0 Å². The van der Waals surface area contributed by atoms with Crippen LogP contribution in [0.15, 0.2) is 0 Å². The minimum atomic E-state index is -1.12. The molecule has 4 nitrogen and oxygen atoms in total. The molecule has 0 rings (SSSR count). The van der Waals surface area contributed by atoms with Gasteiger partial charge in [0.2, 0.25) is 0 Å². The first-order valence-corrected chi connectivity index (χ1v) is 5.89. The van der Waals surface area contributed by atoms with Gasteiger partial charge in [0.05, 0.1) is 0 Å². The highest BCUT2D eigenvalue weighted by molar-refractivity contribution is 5.77. The minimum Gasteiger partial charge on any atom is -0.480 e. The van der Waals surface area contributed by atoms with Crippen molar-refractivity contribution in [2.75, 3.05) is 13.6 Å². The lowest BCUT2D eigenvalue weighted by atomic mass is 9.98. The molecule has 0 aliphatic heterocycles. The van der Waals surface area contributed by atoms with Gasteiger partial charge in [0.25, 0.3) is 0 Å². The van der Waals surface area contributed by atoms with Gasteiger partial charge in [-0.2, -0.15) is 0 Å². The number of aliphatic carboxylic acids is 1. The predicted molar refractivity (Wildman–Crippen MR) is 66.4 cm³/mol. The van der Waals surface area contributed by atoms with Crippen molar-refractivity contribution in [2.45, 2.75) is 52.1 Å². The molecular formula is C12H26N2O2. The van der Waals surface area contributed by atoms with Gasteiger partial charge in [0.1, 0.15) is 5.54 Å². The van der Waals surface area contributed by atoms with Crippen LogP contribution in [0.5, 0.6) is 0 Å². The summed E-state index contributed by atoms with van der Waals surface area (Å²) in [5.74, 6) is -0.279. The van der Waals surface area contributed by atoms with Gasteiger partial charge >= 0.3 is 5.97 Å². The normalized spacial score (nSPS) is 17.5. The van der Waals surface area contributed by atoms with Crippen LogP contribution in [0.1, 0.15) is 40.5 Å². The fourth-order valence-corrected chi connectivity index (χ4v) is 1.60. The Morgan fingerprint density at radius 2 is 1.94 bits per heavy atom. The van der Waals surface area contributed by atoms with E-state index in [1.165, 1.54) is 0 Å². The number of carbonyl (C=O) groups is 1. The summed E-state index contributed by atoms with van der Waals surface area (Å²) in [7, 11) is 2.02. The third-order valence-corrected chi connectivity index (χ3v) is 3.04. The third-order valence-electron chi connectivity index (χ3n) is 3.04. The van der Waals surface area contributed by atoms with E-state index in [1.807, 2.05) is 7.05 Å². The monoisotopic (exact) mass is 230 g/mol. The summed E-state index contributed by atoms with van der Waals surface area (Å²) >= 11 is 0. The molecule has 0 amide bonds. The first-order chi connectivity index (χ1) is 7.16. The van der Waals surface area contributed by atoms with Crippen LogP contribution in [0.3, 0.4) is 0 Å². The van der Waals surface area contributed by atoms with Gasteiger partial charge in [0.15, 0.2) is 0 Å². The molecule has 0 saturated heterocycles. The molecule has 16 heavy (non-hydrogen) atoms. The van der Waals surface area contributed by atoms with E-state index in [-0.39, 0.29) is 0 Å². The van der Waals surface area contributed by atoms with Gasteiger partial charge in [-0.25, -0.2) is 0 Å². The van der Waals surface area contributed by atoms with Gasteiger partial charge in [-0.05, 0) is 39.7 Å². The van der Waals surface area contributed by atoms with Crippen LogP contribution < -0.4 is 5.73 Å². The molecule has 0 radical (unpaired) electrons. The molecule has 0 spiro atoms. The summed E-state index contributed by atoms with van der Waals surface area (Å²) in [5.41, 5.74) is 4.56. The predicted octanol–water partition coefficient (Wildman–Crippen LogP) is 1.54. The molecule has 0 fully saturated rings. The Morgan fingerprint density at radius 1 is 1.44 bits per heavy atom. The highest BCUT2D eigenvalue weighted by atomic mass is 16.4. The van der Waals surface area contributed by atoms with Gasteiger partial charge in [-0.3, -0.25) is 4.79 Å². The Morgan fingerprint density at radius 3 is 2.31 bits per heavy atom. The lowest BCUT2D eigenvalue weighted by Gasteiger charge is -2.29. The van der Waals surface area contributed by atoms with Crippen molar-refractivity contribution in [1.82, 2.24) is 4.90 Å². The lowest BCUT2D eigenvalue weighted by Crippen LogP contribution is -2.47. The Hall–Kier alpha value is -0.610. The minimum absolute atomic E-state index is 0.463. The van der Waals surface area contributed by atoms with Crippen LogP contribution >= 0.6 is 0 Å². The lowest BCUT2D eigenvalue weighted by molar-refractivity contribution is -0.143. The number of carboxylic acid groups (broad SMARTS) is 1. The Bertz CT molecular complexity index is 227. The third kappa shape index (κ3) is 5.47. The Kier molecular flexibility index (Phi) is 5.97. The van der Waals surface area contributed by atoms with Gasteiger partial charge < -0.3 is 15.7 Å². The molecule has 96 valence electrons. The van der Waals surface area contributed by atoms with Gasteiger partial charge in [0, 0.05) is 12.6 Å². The van der Waals surface area contributed by atoms with E-state index in [2.05, 4.69) is 25.7 Å². The van der Waals surface area contributed by atoms with E-state index in [1.54, 1.807) is 6.92 Å². The molecule has 0 aliphatic rings. The maximum atomic E-state index is 10.8. The Balaban J connectivity index is 4.06. The standard InChI is InChI=1S/C12H26N2O2/c1-9(2)8-10(3)14(5)7-6-12(4,13)11(15)16/h9-10H,6-8,13H2,1-5H3,(H,15,16). The van der Waals surface area contributed by atoms with Crippen molar-refractivity contribution >= 4 is 5.97 Å². The van der Waals surface area contributed by atoms with Crippen molar-refractivity contribution in [3.8, 4) is 0 Å². The second-order valence-corrected chi connectivity index (χ2v) is 5.43. The second-order valence-electron chi connectivity index (χ2n) is 5.43. The van der Waals surface area contributed by atoms with E-state index >= 15 is 0 Å². The van der Waals surface area contributed by atoms with Crippen LogP contribution in [0.2, 0.25) is 0 Å². The second kappa shape index (κ2) is 6.21. The van der Waals surface area contributed by atoms with E-state index in [9.17, 15) is 4.79 Å². The van der Waals surface area contributed by atoms with Crippen LogP contribution in [-0.4, -0.2) is 41.1 Å². The number of rotatable bonds is 7. The maximum absolute atomic E-state index is 10.8. The van der Waals surface area contributed by atoms with E-state index < -0.39 is 11.5 Å². The van der Waals surface area contributed by atoms with E-state index in [0.717, 1.165) is 6.42 Å². The fourth-order valence-electron chi connectivity index (χ4n) is 1.60. The van der Waals surface area contributed by atoms with Crippen LogP contribution in [0.25, 0.3) is 0 Å². The maximum Gasteiger partial charge on any atom is 0.323 e. The summed E-state index contributed by atoms with van der Waals surface area (Å²) in [4.78, 5) is 13.0. The van der Waals surface area contributed by atoms with Crippen molar-refractivity contribution in [3.63, 3.8) is 0 Å².